The summed E-state index contributed by atoms with van der Waals surface area (Å²) in [4.78, 5) is 18.9. The quantitative estimate of drug-likeness (QED) is 0.226. The van der Waals surface area contributed by atoms with Crippen molar-refractivity contribution in [3.8, 4) is 0 Å². The van der Waals surface area contributed by atoms with Crippen LogP contribution in [0.25, 0.3) is 0 Å². The number of hydrogen-bond acceptors (Lipinski definition) is 6. The highest BCUT2D eigenvalue weighted by atomic mass is 127. The number of furan rings is 2. The molecule has 31 heavy (non-hydrogen) atoms. The Morgan fingerprint density at radius 1 is 1.29 bits per heavy atom. The van der Waals surface area contributed by atoms with Crippen LogP contribution in [0.4, 0.5) is 0 Å². The molecule has 1 aliphatic rings. The lowest BCUT2D eigenvalue weighted by Crippen LogP contribution is -2.44. The molecule has 172 valence electrons. The predicted octanol–water partition coefficient (Wildman–Crippen LogP) is 3.87. The largest absolute Gasteiger partial charge is 0.468 e. The molecule has 1 fully saturated rings. The summed E-state index contributed by atoms with van der Waals surface area (Å²) in [5.41, 5.74) is 0.434. The second-order valence-corrected chi connectivity index (χ2v) is 7.38. The SMILES string of the molecule is CCNC(=NCc1cc(C(=O)OC)c(C)o1)NCC(c1ccco1)N1CCCCC1.I. The fraction of sp³-hybridized carbons (Fsp3) is 0.545. The molecule has 0 aliphatic carbocycles. The van der Waals surface area contributed by atoms with Gasteiger partial charge in [0.15, 0.2) is 5.96 Å². The fourth-order valence-electron chi connectivity index (χ4n) is 3.75. The molecule has 0 spiro atoms. The maximum atomic E-state index is 11.8. The van der Waals surface area contributed by atoms with Gasteiger partial charge < -0.3 is 24.2 Å². The normalized spacial score (nSPS) is 15.8. The maximum Gasteiger partial charge on any atom is 0.341 e. The number of aliphatic imine (C=N–C) groups is 1. The Balaban J connectivity index is 0.00000341. The Morgan fingerprint density at radius 2 is 2.06 bits per heavy atom. The molecule has 1 unspecified atom stereocenters. The van der Waals surface area contributed by atoms with Gasteiger partial charge in [0, 0.05) is 13.1 Å². The van der Waals surface area contributed by atoms with Crippen LogP contribution in [-0.4, -0.2) is 50.1 Å². The minimum absolute atomic E-state index is 0. The zero-order valence-corrected chi connectivity index (χ0v) is 20.8. The third-order valence-electron chi connectivity index (χ3n) is 5.28. The number of methoxy groups -OCH3 is 1. The lowest BCUT2D eigenvalue weighted by atomic mass is 10.1. The summed E-state index contributed by atoms with van der Waals surface area (Å²) in [6.07, 6.45) is 5.44. The second kappa shape index (κ2) is 12.7. The van der Waals surface area contributed by atoms with Crippen molar-refractivity contribution in [2.45, 2.75) is 45.7 Å². The molecule has 0 amide bonds. The van der Waals surface area contributed by atoms with E-state index in [1.165, 1.54) is 26.4 Å². The van der Waals surface area contributed by atoms with E-state index in [9.17, 15) is 4.79 Å². The van der Waals surface area contributed by atoms with Crippen LogP contribution in [0.1, 0.15) is 59.9 Å². The van der Waals surface area contributed by atoms with Crippen molar-refractivity contribution < 1.29 is 18.4 Å². The number of piperidine rings is 1. The minimum atomic E-state index is -0.403. The summed E-state index contributed by atoms with van der Waals surface area (Å²) >= 11 is 0. The lowest BCUT2D eigenvalue weighted by Gasteiger charge is -2.33. The van der Waals surface area contributed by atoms with Crippen LogP contribution < -0.4 is 10.6 Å². The third kappa shape index (κ3) is 6.99. The summed E-state index contributed by atoms with van der Waals surface area (Å²) in [7, 11) is 1.36. The van der Waals surface area contributed by atoms with Gasteiger partial charge in [-0.25, -0.2) is 9.79 Å². The summed E-state index contributed by atoms with van der Waals surface area (Å²) < 4.78 is 16.2. The van der Waals surface area contributed by atoms with Gasteiger partial charge in [0.25, 0.3) is 0 Å². The number of esters is 1. The van der Waals surface area contributed by atoms with E-state index in [4.69, 9.17) is 13.6 Å². The molecule has 9 heteroatoms. The van der Waals surface area contributed by atoms with Gasteiger partial charge >= 0.3 is 5.97 Å². The van der Waals surface area contributed by atoms with Crippen LogP contribution in [0.5, 0.6) is 0 Å². The van der Waals surface area contributed by atoms with Gasteiger partial charge in [-0.2, -0.15) is 0 Å². The minimum Gasteiger partial charge on any atom is -0.468 e. The predicted molar refractivity (Wildman–Crippen MR) is 130 cm³/mol. The Kier molecular flexibility index (Phi) is 10.4. The molecule has 3 heterocycles. The number of rotatable bonds is 8. The van der Waals surface area contributed by atoms with Gasteiger partial charge in [0.2, 0.25) is 0 Å². The molecule has 1 aliphatic heterocycles. The average Bonchev–Trinajstić information content (AvgIpc) is 3.42. The molecule has 2 N–H and O–H groups in total. The average molecular weight is 544 g/mol. The van der Waals surface area contributed by atoms with Gasteiger partial charge in [-0.05, 0) is 58.0 Å². The zero-order chi connectivity index (χ0) is 21.3. The van der Waals surface area contributed by atoms with Crippen molar-refractivity contribution in [3.63, 3.8) is 0 Å². The van der Waals surface area contributed by atoms with Crippen LogP contribution in [0.15, 0.2) is 38.3 Å². The Labute approximate surface area is 200 Å². The number of nitrogens with zero attached hydrogens (tertiary/aromatic N) is 2. The molecule has 3 rings (SSSR count). The maximum absolute atomic E-state index is 11.8. The van der Waals surface area contributed by atoms with Crippen LogP contribution in [0.2, 0.25) is 0 Å². The van der Waals surface area contributed by atoms with Crippen molar-refractivity contribution in [3.05, 3.63) is 47.3 Å². The number of aryl methyl sites for hydroxylation is 1. The first kappa shape index (κ1) is 25.3. The van der Waals surface area contributed by atoms with Crippen molar-refractivity contribution in [1.82, 2.24) is 15.5 Å². The first-order valence-corrected chi connectivity index (χ1v) is 10.6. The number of carbonyl (C=O) groups is 1. The number of guanidine groups is 1. The van der Waals surface area contributed by atoms with Gasteiger partial charge in [-0.3, -0.25) is 4.90 Å². The highest BCUT2D eigenvalue weighted by Gasteiger charge is 2.24. The summed E-state index contributed by atoms with van der Waals surface area (Å²) in [6.45, 7) is 7.66. The Bertz CT molecular complexity index is 829. The van der Waals surface area contributed by atoms with Crippen LogP contribution >= 0.6 is 24.0 Å². The first-order chi connectivity index (χ1) is 14.6. The summed E-state index contributed by atoms with van der Waals surface area (Å²) in [6, 6.07) is 5.81. The topological polar surface area (TPSA) is 92.2 Å². The molecule has 1 atom stereocenters. The third-order valence-corrected chi connectivity index (χ3v) is 5.28. The van der Waals surface area contributed by atoms with E-state index in [-0.39, 0.29) is 30.0 Å². The van der Waals surface area contributed by atoms with Crippen molar-refractivity contribution >= 4 is 35.9 Å². The monoisotopic (exact) mass is 544 g/mol. The molecular weight excluding hydrogens is 511 g/mol. The lowest BCUT2D eigenvalue weighted by molar-refractivity contribution is 0.0599. The highest BCUT2D eigenvalue weighted by molar-refractivity contribution is 14.0. The molecule has 0 saturated carbocycles. The zero-order valence-electron chi connectivity index (χ0n) is 18.5. The Hall–Kier alpha value is -2.01. The van der Waals surface area contributed by atoms with Gasteiger partial charge in [0.05, 0.1) is 19.4 Å². The van der Waals surface area contributed by atoms with Crippen molar-refractivity contribution in [2.24, 2.45) is 4.99 Å². The standard InChI is InChI=1S/C22H32N4O4.HI/c1-4-23-22(24-14-17-13-18(16(2)30-17)21(27)28-3)25-15-19(20-9-8-12-29-20)26-10-6-5-7-11-26;/h8-9,12-13,19H,4-7,10-11,14-15H2,1-3H3,(H2,23,24,25);1H. The van der Waals surface area contributed by atoms with E-state index < -0.39 is 5.97 Å². The molecule has 2 aromatic rings. The highest BCUT2D eigenvalue weighted by Crippen LogP contribution is 2.24. The molecule has 2 aromatic heterocycles. The van der Waals surface area contributed by atoms with Gasteiger partial charge in [0.1, 0.15) is 29.4 Å². The second-order valence-electron chi connectivity index (χ2n) is 7.38. The molecule has 0 aromatic carbocycles. The van der Waals surface area contributed by atoms with Crippen molar-refractivity contribution in [1.29, 1.82) is 0 Å². The van der Waals surface area contributed by atoms with Gasteiger partial charge in [-0.1, -0.05) is 6.42 Å². The van der Waals surface area contributed by atoms with E-state index in [2.05, 4.69) is 20.5 Å². The molecule has 8 nitrogen and oxygen atoms in total. The molecule has 1 saturated heterocycles. The number of nitrogens with one attached hydrogen (secondary N) is 2. The number of halogens is 1. The van der Waals surface area contributed by atoms with E-state index in [0.29, 0.717) is 36.1 Å². The smallest absolute Gasteiger partial charge is 0.341 e. The van der Waals surface area contributed by atoms with E-state index >= 15 is 0 Å². The molecule has 0 bridgehead atoms. The van der Waals surface area contributed by atoms with Crippen LogP contribution in [0.3, 0.4) is 0 Å². The summed E-state index contributed by atoms with van der Waals surface area (Å²) in [5.74, 6) is 2.40. The van der Waals surface area contributed by atoms with E-state index in [1.54, 1.807) is 19.3 Å². The first-order valence-electron chi connectivity index (χ1n) is 10.6. The number of carbonyl (C=O) groups excluding carboxylic acids is 1. The summed E-state index contributed by atoms with van der Waals surface area (Å²) in [5, 5.41) is 6.70. The van der Waals surface area contributed by atoms with Gasteiger partial charge in [-0.15, -0.1) is 24.0 Å². The Morgan fingerprint density at radius 3 is 2.71 bits per heavy atom. The van der Waals surface area contributed by atoms with Crippen molar-refractivity contribution in [2.75, 3.05) is 33.3 Å². The molecule has 0 radical (unpaired) electrons. The number of hydrogen-bond donors (Lipinski definition) is 2. The molecular formula is C22H33IN4O4. The van der Waals surface area contributed by atoms with Crippen LogP contribution in [0, 0.1) is 6.92 Å². The number of likely N-dealkylation sites (tertiary alicyclic amines) is 1. The fourth-order valence-corrected chi connectivity index (χ4v) is 3.75. The van der Waals surface area contributed by atoms with Crippen LogP contribution in [-0.2, 0) is 11.3 Å². The van der Waals surface area contributed by atoms with E-state index in [0.717, 1.165) is 25.4 Å². The van der Waals surface area contributed by atoms with E-state index in [1.807, 2.05) is 19.1 Å². The number of ether oxygens (including phenoxy) is 1.